The molecule has 0 aromatic rings. The van der Waals surface area contributed by atoms with Gasteiger partial charge in [-0.3, -0.25) is 4.84 Å². The molecule has 2 aliphatic rings. The van der Waals surface area contributed by atoms with Gasteiger partial charge in [-0.1, -0.05) is 12.2 Å². The summed E-state index contributed by atoms with van der Waals surface area (Å²) in [5.74, 6) is 0.771. The first-order chi connectivity index (χ1) is 6.47. The monoisotopic (exact) mass is 183 g/mol. The van der Waals surface area contributed by atoms with Gasteiger partial charge < -0.3 is 9.47 Å². The van der Waals surface area contributed by atoms with Crippen molar-refractivity contribution in [1.82, 2.24) is 5.06 Å². The molecule has 0 amide bonds. The molecule has 0 N–H and O–H groups in total. The van der Waals surface area contributed by atoms with Gasteiger partial charge in [0.1, 0.15) is 6.61 Å². The molecule has 2 aliphatic heterocycles. The zero-order valence-electron chi connectivity index (χ0n) is 7.44. The summed E-state index contributed by atoms with van der Waals surface area (Å²) in [6, 6.07) is 0. The summed E-state index contributed by atoms with van der Waals surface area (Å²) in [5, 5.41) is 1.74. The average molecular weight is 183 g/mol. The van der Waals surface area contributed by atoms with Crippen molar-refractivity contribution in [3.8, 4) is 0 Å². The number of allylic oxidation sites excluding steroid dienone is 2. The van der Waals surface area contributed by atoms with Gasteiger partial charge in [-0.2, -0.15) is 0 Å². The Morgan fingerprint density at radius 3 is 3.08 bits per heavy atom. The van der Waals surface area contributed by atoms with Crippen molar-refractivity contribution in [2.45, 2.75) is 0 Å². The Hall–Kier alpha value is -1.00. The number of fused-ring (bicyclic) bond motifs is 1. The zero-order chi connectivity index (χ0) is 8.93. The smallest absolute Gasteiger partial charge is 0.214 e. The Morgan fingerprint density at radius 1 is 1.15 bits per heavy atom. The Kier molecular flexibility index (Phi) is 2.84. The minimum absolute atomic E-state index is 0.578. The lowest BCUT2D eigenvalue weighted by atomic mass is 10.4. The van der Waals surface area contributed by atoms with Crippen LogP contribution in [0.4, 0.5) is 0 Å². The molecule has 2 rings (SSSR count). The summed E-state index contributed by atoms with van der Waals surface area (Å²) in [6.07, 6.45) is 5.88. The summed E-state index contributed by atoms with van der Waals surface area (Å²) in [5.41, 5.74) is 0. The third-order valence-corrected chi connectivity index (χ3v) is 1.84. The summed E-state index contributed by atoms with van der Waals surface area (Å²) in [7, 11) is 0. The van der Waals surface area contributed by atoms with E-state index in [1.54, 1.807) is 5.06 Å². The largest absolute Gasteiger partial charge is 0.475 e. The fraction of sp³-hybridized carbons (Fsp3) is 0.556. The van der Waals surface area contributed by atoms with Crippen molar-refractivity contribution in [1.29, 1.82) is 0 Å². The summed E-state index contributed by atoms with van der Waals surface area (Å²) in [6.45, 7) is 3.15. The standard InChI is InChI=1S/C9H13NO3/c1-2-4-10-9(3-1)12-7-5-11-6-8-13-10/h1-3H,4-8H2. The predicted octanol–water partition coefficient (Wildman–Crippen LogP) is 0.678. The van der Waals surface area contributed by atoms with E-state index in [1.807, 2.05) is 18.2 Å². The molecule has 13 heavy (non-hydrogen) atoms. The number of ether oxygens (including phenoxy) is 2. The molecule has 0 aromatic carbocycles. The van der Waals surface area contributed by atoms with E-state index in [9.17, 15) is 0 Å². The zero-order valence-corrected chi connectivity index (χ0v) is 7.44. The van der Waals surface area contributed by atoms with Gasteiger partial charge in [-0.25, -0.2) is 5.06 Å². The second-order valence-corrected chi connectivity index (χ2v) is 2.79. The maximum Gasteiger partial charge on any atom is 0.214 e. The third-order valence-electron chi connectivity index (χ3n) is 1.84. The first kappa shape index (κ1) is 8.59. The molecule has 0 radical (unpaired) electrons. The summed E-state index contributed by atoms with van der Waals surface area (Å²) >= 11 is 0. The molecule has 0 aliphatic carbocycles. The molecular weight excluding hydrogens is 170 g/mol. The van der Waals surface area contributed by atoms with E-state index in [1.165, 1.54) is 0 Å². The molecule has 4 heteroatoms. The number of hydrogen-bond donors (Lipinski definition) is 0. The van der Waals surface area contributed by atoms with Crippen LogP contribution in [-0.4, -0.2) is 38.0 Å². The quantitative estimate of drug-likeness (QED) is 0.552. The Balaban J connectivity index is 2.01. The van der Waals surface area contributed by atoms with E-state index in [4.69, 9.17) is 14.3 Å². The van der Waals surface area contributed by atoms with E-state index in [-0.39, 0.29) is 0 Å². The molecule has 0 saturated carbocycles. The van der Waals surface area contributed by atoms with Crippen molar-refractivity contribution >= 4 is 0 Å². The van der Waals surface area contributed by atoms with Gasteiger partial charge >= 0.3 is 0 Å². The molecule has 2 heterocycles. The predicted molar refractivity (Wildman–Crippen MR) is 46.7 cm³/mol. The second kappa shape index (κ2) is 4.30. The van der Waals surface area contributed by atoms with Gasteiger partial charge in [-0.15, -0.1) is 0 Å². The molecule has 0 bridgehead atoms. The highest BCUT2D eigenvalue weighted by atomic mass is 16.7. The van der Waals surface area contributed by atoms with Crippen molar-refractivity contribution in [2.75, 3.05) is 33.0 Å². The van der Waals surface area contributed by atoms with Crippen LogP contribution in [0.25, 0.3) is 0 Å². The van der Waals surface area contributed by atoms with Gasteiger partial charge in [0, 0.05) is 6.08 Å². The number of rotatable bonds is 0. The molecule has 72 valence electrons. The van der Waals surface area contributed by atoms with E-state index in [2.05, 4.69) is 0 Å². The van der Waals surface area contributed by atoms with Crippen LogP contribution in [0.2, 0.25) is 0 Å². The molecule has 0 spiro atoms. The van der Waals surface area contributed by atoms with Crippen LogP contribution in [0.3, 0.4) is 0 Å². The van der Waals surface area contributed by atoms with Crippen LogP contribution in [0.15, 0.2) is 24.1 Å². The highest BCUT2D eigenvalue weighted by molar-refractivity contribution is 5.11. The topological polar surface area (TPSA) is 30.9 Å². The molecule has 0 atom stereocenters. The second-order valence-electron chi connectivity index (χ2n) is 2.79. The highest BCUT2D eigenvalue weighted by Crippen LogP contribution is 2.12. The van der Waals surface area contributed by atoms with Gasteiger partial charge in [0.2, 0.25) is 5.88 Å². The molecule has 4 nitrogen and oxygen atoms in total. The average Bonchev–Trinajstić information content (AvgIpc) is 2.28. The first-order valence-corrected chi connectivity index (χ1v) is 4.44. The first-order valence-electron chi connectivity index (χ1n) is 4.44. The van der Waals surface area contributed by atoms with Crippen LogP contribution >= 0.6 is 0 Å². The Morgan fingerprint density at radius 2 is 2.08 bits per heavy atom. The van der Waals surface area contributed by atoms with Crippen LogP contribution in [0, 0.1) is 0 Å². The van der Waals surface area contributed by atoms with Gasteiger partial charge in [0.15, 0.2) is 0 Å². The molecule has 1 saturated heterocycles. The van der Waals surface area contributed by atoms with Crippen LogP contribution in [-0.2, 0) is 14.3 Å². The van der Waals surface area contributed by atoms with Gasteiger partial charge in [0.25, 0.3) is 0 Å². The van der Waals surface area contributed by atoms with E-state index in [0.717, 1.165) is 12.4 Å². The lowest BCUT2D eigenvalue weighted by Crippen LogP contribution is -2.27. The summed E-state index contributed by atoms with van der Waals surface area (Å²) in [4.78, 5) is 5.43. The Bertz CT molecular complexity index is 225. The van der Waals surface area contributed by atoms with E-state index in [0.29, 0.717) is 26.4 Å². The van der Waals surface area contributed by atoms with Crippen LogP contribution in [0.5, 0.6) is 0 Å². The SMILES string of the molecule is C1=CCN2OCCOCCOC2=C1. The van der Waals surface area contributed by atoms with Crippen molar-refractivity contribution in [3.05, 3.63) is 24.1 Å². The normalized spacial score (nSPS) is 23.4. The maximum absolute atomic E-state index is 5.45. The van der Waals surface area contributed by atoms with E-state index < -0.39 is 0 Å². The third kappa shape index (κ3) is 2.23. The number of nitrogens with zero attached hydrogens (tertiary/aromatic N) is 1. The van der Waals surface area contributed by atoms with Crippen molar-refractivity contribution in [2.24, 2.45) is 0 Å². The minimum Gasteiger partial charge on any atom is -0.475 e. The van der Waals surface area contributed by atoms with Crippen molar-refractivity contribution in [3.63, 3.8) is 0 Å². The van der Waals surface area contributed by atoms with Gasteiger partial charge in [0.05, 0.1) is 26.4 Å². The minimum atomic E-state index is 0.578. The lowest BCUT2D eigenvalue weighted by Gasteiger charge is -2.25. The lowest BCUT2D eigenvalue weighted by molar-refractivity contribution is -0.158. The molecule has 0 aromatic heterocycles. The molecule has 1 fully saturated rings. The van der Waals surface area contributed by atoms with Crippen molar-refractivity contribution < 1.29 is 14.3 Å². The maximum atomic E-state index is 5.45. The summed E-state index contributed by atoms with van der Waals surface area (Å²) < 4.78 is 10.7. The van der Waals surface area contributed by atoms with Crippen LogP contribution < -0.4 is 0 Å². The fourth-order valence-corrected chi connectivity index (χ4v) is 1.23. The highest BCUT2D eigenvalue weighted by Gasteiger charge is 2.13. The molecular formula is C9H13NO3. The van der Waals surface area contributed by atoms with Crippen LogP contribution in [0.1, 0.15) is 0 Å². The van der Waals surface area contributed by atoms with Gasteiger partial charge in [-0.05, 0) is 0 Å². The number of hydroxylamine groups is 2. The van der Waals surface area contributed by atoms with E-state index >= 15 is 0 Å². The Labute approximate surface area is 77.3 Å². The number of hydrogen-bond acceptors (Lipinski definition) is 4. The molecule has 0 unspecified atom stereocenters. The fourth-order valence-electron chi connectivity index (χ4n) is 1.23.